The second-order valence-electron chi connectivity index (χ2n) is 4.44. The van der Waals surface area contributed by atoms with E-state index in [-0.39, 0.29) is 11.1 Å². The molecule has 0 aliphatic rings. The molecule has 0 amide bonds. The fourth-order valence-corrected chi connectivity index (χ4v) is 2.40. The van der Waals surface area contributed by atoms with E-state index in [1.807, 2.05) is 12.1 Å². The van der Waals surface area contributed by atoms with Crippen molar-refractivity contribution in [2.45, 2.75) is 0 Å². The highest BCUT2D eigenvalue weighted by Crippen LogP contribution is 2.28. The number of ether oxygens (including phenoxy) is 1. The minimum atomic E-state index is -0.416. The van der Waals surface area contributed by atoms with Crippen LogP contribution in [-0.4, -0.2) is 6.61 Å². The van der Waals surface area contributed by atoms with Crippen molar-refractivity contribution in [3.05, 3.63) is 76.5 Å². The van der Waals surface area contributed by atoms with Crippen LogP contribution in [0.4, 0.5) is 4.39 Å². The Kier molecular flexibility index (Phi) is 5.51. The molecule has 0 spiro atoms. The summed E-state index contributed by atoms with van der Waals surface area (Å²) >= 11 is 3.41. The molecular weight excluding hydrogens is 345 g/mol. The Labute approximate surface area is 137 Å². The molecule has 0 heterocycles. The minimum Gasteiger partial charge on any atom is -0.488 e. The van der Waals surface area contributed by atoms with Crippen LogP contribution in [0.15, 0.2) is 59.6 Å². The van der Waals surface area contributed by atoms with Crippen molar-refractivity contribution in [1.82, 2.24) is 0 Å². The topological polar surface area (TPSA) is 33.0 Å². The van der Waals surface area contributed by atoms with Crippen LogP contribution in [0.2, 0.25) is 0 Å². The van der Waals surface area contributed by atoms with E-state index < -0.39 is 5.82 Å². The molecule has 0 aliphatic carbocycles. The molecule has 0 atom stereocenters. The predicted octanol–water partition coefficient (Wildman–Crippen LogP) is 5.22. The van der Waals surface area contributed by atoms with Gasteiger partial charge in [0.1, 0.15) is 18.2 Å². The fourth-order valence-electron chi connectivity index (χ4n) is 1.89. The third-order valence-electron chi connectivity index (χ3n) is 2.91. The first-order valence-electron chi connectivity index (χ1n) is 6.55. The molecule has 0 fully saturated rings. The Morgan fingerprint density at radius 1 is 1.32 bits per heavy atom. The lowest BCUT2D eigenvalue weighted by Crippen LogP contribution is -1.93. The Morgan fingerprint density at radius 2 is 2.09 bits per heavy atom. The molecule has 110 valence electrons. The lowest BCUT2D eigenvalue weighted by Gasteiger charge is -2.07. The summed E-state index contributed by atoms with van der Waals surface area (Å²) in [6.45, 7) is 4.00. The summed E-state index contributed by atoms with van der Waals surface area (Å²) in [6.07, 6.45) is 3.30. The van der Waals surface area contributed by atoms with E-state index in [9.17, 15) is 9.65 Å². The SMILES string of the molecule is C=CCOc1ccc(/C=C(/C#N)c2ccccc2F)cc1Br. The second-order valence-corrected chi connectivity index (χ2v) is 5.29. The largest absolute Gasteiger partial charge is 0.488 e. The number of rotatable bonds is 5. The Morgan fingerprint density at radius 3 is 2.73 bits per heavy atom. The smallest absolute Gasteiger partial charge is 0.133 e. The molecule has 0 bridgehead atoms. The number of benzene rings is 2. The number of halogens is 2. The van der Waals surface area contributed by atoms with Crippen LogP contribution >= 0.6 is 15.9 Å². The molecule has 2 aromatic rings. The van der Waals surface area contributed by atoms with Crippen molar-refractivity contribution in [3.63, 3.8) is 0 Å². The minimum absolute atomic E-state index is 0.268. The van der Waals surface area contributed by atoms with Crippen molar-refractivity contribution in [2.24, 2.45) is 0 Å². The van der Waals surface area contributed by atoms with E-state index in [0.717, 1.165) is 10.0 Å². The number of nitrogens with zero attached hydrogens (tertiary/aromatic N) is 1. The van der Waals surface area contributed by atoms with Gasteiger partial charge in [-0.25, -0.2) is 4.39 Å². The number of nitriles is 1. The van der Waals surface area contributed by atoms with Crippen LogP contribution < -0.4 is 4.74 Å². The average molecular weight is 358 g/mol. The zero-order valence-electron chi connectivity index (χ0n) is 11.7. The van der Waals surface area contributed by atoms with Crippen molar-refractivity contribution < 1.29 is 9.13 Å². The monoisotopic (exact) mass is 357 g/mol. The van der Waals surface area contributed by atoms with Crippen molar-refractivity contribution >= 4 is 27.6 Å². The number of hydrogen-bond donors (Lipinski definition) is 0. The van der Waals surface area contributed by atoms with Crippen molar-refractivity contribution in [3.8, 4) is 11.8 Å². The maximum atomic E-state index is 13.8. The zero-order chi connectivity index (χ0) is 15.9. The number of allylic oxidation sites excluding steroid dienone is 1. The molecule has 0 radical (unpaired) electrons. The lowest BCUT2D eigenvalue weighted by molar-refractivity contribution is 0.361. The Bertz CT molecular complexity index is 762. The molecule has 0 saturated heterocycles. The van der Waals surface area contributed by atoms with Crippen LogP contribution in [0.25, 0.3) is 11.6 Å². The molecule has 0 unspecified atom stereocenters. The van der Waals surface area contributed by atoms with E-state index in [1.54, 1.807) is 42.5 Å². The van der Waals surface area contributed by atoms with E-state index in [2.05, 4.69) is 22.5 Å². The molecule has 4 heteroatoms. The maximum Gasteiger partial charge on any atom is 0.133 e. The highest BCUT2D eigenvalue weighted by molar-refractivity contribution is 9.10. The van der Waals surface area contributed by atoms with Crippen LogP contribution in [0.1, 0.15) is 11.1 Å². The molecule has 0 saturated carbocycles. The zero-order valence-corrected chi connectivity index (χ0v) is 13.3. The van der Waals surface area contributed by atoms with Gasteiger partial charge in [0.25, 0.3) is 0 Å². The van der Waals surface area contributed by atoms with Gasteiger partial charge in [0.05, 0.1) is 16.1 Å². The summed E-state index contributed by atoms with van der Waals surface area (Å²) < 4.78 is 20.0. The first-order chi connectivity index (χ1) is 10.7. The lowest BCUT2D eigenvalue weighted by atomic mass is 10.0. The average Bonchev–Trinajstić information content (AvgIpc) is 2.52. The predicted molar refractivity (Wildman–Crippen MR) is 89.7 cm³/mol. The third kappa shape index (κ3) is 3.84. The van der Waals surface area contributed by atoms with Gasteiger partial charge >= 0.3 is 0 Å². The fraction of sp³-hybridized carbons (Fsp3) is 0.0556. The summed E-state index contributed by atoms with van der Waals surface area (Å²) in [7, 11) is 0. The normalized spacial score (nSPS) is 10.9. The van der Waals surface area contributed by atoms with Crippen LogP contribution in [0.3, 0.4) is 0 Å². The highest BCUT2D eigenvalue weighted by Gasteiger charge is 2.08. The Balaban J connectivity index is 2.35. The van der Waals surface area contributed by atoms with Gasteiger partial charge in [0.15, 0.2) is 0 Å². The molecule has 2 nitrogen and oxygen atoms in total. The first kappa shape index (κ1) is 16.0. The quantitative estimate of drug-likeness (QED) is 0.417. The van der Waals surface area contributed by atoms with Crippen LogP contribution in [0.5, 0.6) is 5.75 Å². The molecule has 2 aromatic carbocycles. The molecule has 0 aliphatic heterocycles. The summed E-state index contributed by atoms with van der Waals surface area (Å²) in [5, 5.41) is 9.27. The van der Waals surface area contributed by atoms with Gasteiger partial charge in [-0.2, -0.15) is 5.26 Å². The summed E-state index contributed by atoms with van der Waals surface area (Å²) in [5.41, 5.74) is 1.33. The molecule has 22 heavy (non-hydrogen) atoms. The molecule has 2 rings (SSSR count). The molecule has 0 N–H and O–H groups in total. The van der Waals surface area contributed by atoms with E-state index in [0.29, 0.717) is 12.4 Å². The Hall–Kier alpha value is -2.38. The van der Waals surface area contributed by atoms with Gasteiger partial charge in [-0.15, -0.1) is 0 Å². The van der Waals surface area contributed by atoms with Crippen LogP contribution in [0, 0.1) is 17.1 Å². The van der Waals surface area contributed by atoms with Gasteiger partial charge in [0, 0.05) is 5.56 Å². The highest BCUT2D eigenvalue weighted by atomic mass is 79.9. The van der Waals surface area contributed by atoms with Gasteiger partial charge in [-0.1, -0.05) is 36.9 Å². The summed E-state index contributed by atoms with van der Waals surface area (Å²) in [5.74, 6) is 0.266. The maximum absolute atomic E-state index is 13.8. The summed E-state index contributed by atoms with van der Waals surface area (Å²) in [6, 6.07) is 13.7. The van der Waals surface area contributed by atoms with Crippen LogP contribution in [-0.2, 0) is 0 Å². The second kappa shape index (κ2) is 7.58. The number of hydrogen-bond acceptors (Lipinski definition) is 2. The van der Waals surface area contributed by atoms with Crippen molar-refractivity contribution in [1.29, 1.82) is 5.26 Å². The van der Waals surface area contributed by atoms with Crippen molar-refractivity contribution in [2.75, 3.05) is 6.61 Å². The van der Waals surface area contributed by atoms with Gasteiger partial charge in [0.2, 0.25) is 0 Å². The molecule has 0 aromatic heterocycles. The van der Waals surface area contributed by atoms with E-state index >= 15 is 0 Å². The molecular formula is C18H13BrFNO. The summed E-state index contributed by atoms with van der Waals surface area (Å²) in [4.78, 5) is 0. The standard InChI is InChI=1S/C18H13BrFNO/c1-2-9-22-18-8-7-13(11-16(18)19)10-14(12-21)15-5-3-4-6-17(15)20/h2-8,10-11H,1,9H2/b14-10-. The first-order valence-corrected chi connectivity index (χ1v) is 7.35. The third-order valence-corrected chi connectivity index (χ3v) is 3.53. The van der Waals surface area contributed by atoms with Gasteiger partial charge in [-0.3, -0.25) is 0 Å². The van der Waals surface area contributed by atoms with Gasteiger partial charge < -0.3 is 4.74 Å². The van der Waals surface area contributed by atoms with Gasteiger partial charge in [-0.05, 0) is 45.8 Å². The van der Waals surface area contributed by atoms with E-state index in [4.69, 9.17) is 4.74 Å². The van der Waals surface area contributed by atoms with E-state index in [1.165, 1.54) is 6.07 Å².